The number of phenols is 1. The molecule has 4 aromatic carbocycles. The van der Waals surface area contributed by atoms with E-state index >= 15 is 0 Å². The van der Waals surface area contributed by atoms with Gasteiger partial charge < -0.3 is 19.8 Å². The third kappa shape index (κ3) is 7.31. The number of benzene rings is 4. The summed E-state index contributed by atoms with van der Waals surface area (Å²) in [4.78, 5) is 35.6. The fourth-order valence-electron chi connectivity index (χ4n) is 10.3. The lowest BCUT2D eigenvalue weighted by atomic mass is 9.69. The number of amides is 1. The smallest absolute Gasteiger partial charge is 0.255 e. The minimum atomic E-state index is -0.312. The maximum atomic E-state index is 13.4. The van der Waals surface area contributed by atoms with Crippen LogP contribution in [-0.4, -0.2) is 78.5 Å². The van der Waals surface area contributed by atoms with E-state index in [2.05, 4.69) is 100 Å². The molecule has 0 aromatic heterocycles. The van der Waals surface area contributed by atoms with E-state index in [1.54, 1.807) is 4.90 Å². The average Bonchev–Trinajstić information content (AvgIpc) is 3.55. The summed E-state index contributed by atoms with van der Waals surface area (Å²) in [6.45, 7) is 11.9. The summed E-state index contributed by atoms with van der Waals surface area (Å²) < 4.78 is 0. The Hall–Kier alpha value is -4.88. The highest BCUT2D eigenvalue weighted by atomic mass is 16.3. The lowest BCUT2D eigenvalue weighted by Gasteiger charge is -2.38. The number of carbonyl (C=O) groups excluding carboxylic acids is 2. The van der Waals surface area contributed by atoms with E-state index in [1.807, 2.05) is 12.1 Å². The minimum absolute atomic E-state index is 0.00884. The molecule has 7 heteroatoms. The quantitative estimate of drug-likeness (QED) is 0.184. The topological polar surface area (TPSA) is 67.3 Å². The molecule has 2 saturated heterocycles. The lowest BCUT2D eigenvalue weighted by molar-refractivity contribution is -0.124. The van der Waals surface area contributed by atoms with Crippen molar-refractivity contribution >= 4 is 23.1 Å². The summed E-state index contributed by atoms with van der Waals surface area (Å²) >= 11 is 0. The number of phenolic OH excluding ortho intramolecular Hbond substituents is 1. The van der Waals surface area contributed by atoms with Crippen molar-refractivity contribution in [3.63, 3.8) is 0 Å². The van der Waals surface area contributed by atoms with E-state index in [0.29, 0.717) is 31.1 Å². The molecule has 3 atom stereocenters. The molecule has 9 rings (SSSR count). The van der Waals surface area contributed by atoms with Gasteiger partial charge in [-0.05, 0) is 128 Å². The number of aromatic hydroxyl groups is 1. The summed E-state index contributed by atoms with van der Waals surface area (Å²) in [5.74, 6) is 1.95. The molecule has 2 aliphatic carbocycles. The first kappa shape index (κ1) is 35.8. The third-order valence-corrected chi connectivity index (χ3v) is 13.5. The van der Waals surface area contributed by atoms with Crippen molar-refractivity contribution in [2.24, 2.45) is 5.92 Å². The molecule has 0 radical (unpaired) electrons. The maximum absolute atomic E-state index is 13.4. The second kappa shape index (κ2) is 15.3. The molecule has 5 aliphatic rings. The highest BCUT2D eigenvalue weighted by Crippen LogP contribution is 2.47. The molecule has 3 fully saturated rings. The maximum Gasteiger partial charge on any atom is 0.255 e. The van der Waals surface area contributed by atoms with E-state index in [-0.39, 0.29) is 23.7 Å². The van der Waals surface area contributed by atoms with E-state index < -0.39 is 0 Å². The van der Waals surface area contributed by atoms with Crippen molar-refractivity contribution in [1.82, 2.24) is 9.80 Å². The van der Waals surface area contributed by atoms with Crippen molar-refractivity contribution in [2.45, 2.75) is 75.8 Å². The zero-order valence-electron chi connectivity index (χ0n) is 32.0. The molecule has 284 valence electrons. The normalized spacial score (nSPS) is 23.6. The second-order valence-corrected chi connectivity index (χ2v) is 16.8. The van der Waals surface area contributed by atoms with Gasteiger partial charge in [-0.25, -0.2) is 0 Å². The Morgan fingerprint density at radius 1 is 0.691 bits per heavy atom. The molecule has 0 spiro atoms. The van der Waals surface area contributed by atoms with Crippen molar-refractivity contribution in [1.29, 1.82) is 0 Å². The predicted octanol–water partition coefficient (Wildman–Crippen LogP) is 8.32. The molecule has 1 N–H and O–H groups in total. The van der Waals surface area contributed by atoms with Gasteiger partial charge in [0.1, 0.15) is 5.75 Å². The van der Waals surface area contributed by atoms with Crippen LogP contribution in [-0.2, 0) is 17.8 Å². The van der Waals surface area contributed by atoms with Crippen LogP contribution in [0.3, 0.4) is 0 Å². The average molecular weight is 735 g/mol. The van der Waals surface area contributed by atoms with Gasteiger partial charge in [-0.15, -0.1) is 0 Å². The number of piperazine rings is 1. The van der Waals surface area contributed by atoms with Crippen LogP contribution in [0.2, 0.25) is 0 Å². The Kier molecular flexibility index (Phi) is 9.98. The van der Waals surface area contributed by atoms with Crippen LogP contribution in [0, 0.1) is 5.92 Å². The Balaban J connectivity index is 0.757. The van der Waals surface area contributed by atoms with Gasteiger partial charge in [0, 0.05) is 75.1 Å². The van der Waals surface area contributed by atoms with Gasteiger partial charge in [0.05, 0.1) is 6.04 Å². The summed E-state index contributed by atoms with van der Waals surface area (Å²) in [5.41, 5.74) is 10.6. The lowest BCUT2D eigenvalue weighted by Crippen LogP contribution is -2.47. The Morgan fingerprint density at radius 2 is 1.44 bits per heavy atom. The number of aryl methyl sites for hydroxylation is 1. The number of Topliss-reactive ketones (excluding diaryl/α,β-unsaturated/α-hetero) is 1. The van der Waals surface area contributed by atoms with Crippen LogP contribution in [0.15, 0.2) is 103 Å². The van der Waals surface area contributed by atoms with Crippen LogP contribution in [0.4, 0.5) is 11.4 Å². The number of anilines is 2. The highest BCUT2D eigenvalue weighted by Gasteiger charge is 2.38. The van der Waals surface area contributed by atoms with Gasteiger partial charge in [0.25, 0.3) is 5.91 Å². The number of allylic oxidation sites excluding steroid dienone is 1. The van der Waals surface area contributed by atoms with Crippen molar-refractivity contribution in [3.05, 3.63) is 137 Å². The van der Waals surface area contributed by atoms with Gasteiger partial charge >= 0.3 is 0 Å². The van der Waals surface area contributed by atoms with Crippen LogP contribution < -0.4 is 9.80 Å². The van der Waals surface area contributed by atoms with Crippen molar-refractivity contribution in [3.8, 4) is 5.75 Å². The van der Waals surface area contributed by atoms with E-state index in [1.165, 1.54) is 47.2 Å². The van der Waals surface area contributed by atoms with Crippen LogP contribution in [0.1, 0.15) is 95.0 Å². The molecule has 0 bridgehead atoms. The van der Waals surface area contributed by atoms with Gasteiger partial charge in [0.2, 0.25) is 0 Å². The number of ketones is 1. The van der Waals surface area contributed by atoms with Crippen LogP contribution >= 0.6 is 0 Å². The number of hydrogen-bond acceptors (Lipinski definition) is 6. The third-order valence-electron chi connectivity index (χ3n) is 13.5. The number of carbonyl (C=O) groups is 2. The van der Waals surface area contributed by atoms with E-state index in [0.717, 1.165) is 93.4 Å². The number of nitrogens with zero attached hydrogens (tertiary/aromatic N) is 4. The zero-order chi connectivity index (χ0) is 37.5. The first-order chi connectivity index (χ1) is 26.9. The van der Waals surface area contributed by atoms with Gasteiger partial charge in [-0.2, -0.15) is 0 Å². The van der Waals surface area contributed by atoms with Crippen LogP contribution in [0.5, 0.6) is 5.75 Å². The Bertz CT molecular complexity index is 2050. The first-order valence-electron chi connectivity index (χ1n) is 20.7. The molecular formula is C48H54N4O3. The van der Waals surface area contributed by atoms with Crippen molar-refractivity contribution in [2.75, 3.05) is 55.6 Å². The van der Waals surface area contributed by atoms with Gasteiger partial charge in [-0.1, -0.05) is 66.7 Å². The largest absolute Gasteiger partial charge is 0.508 e. The molecule has 1 unspecified atom stereocenters. The molecule has 3 aliphatic heterocycles. The second-order valence-electron chi connectivity index (χ2n) is 16.8. The molecule has 1 amide bonds. The Labute approximate surface area is 326 Å². The first-order valence-corrected chi connectivity index (χ1v) is 20.7. The Morgan fingerprint density at radius 3 is 2.20 bits per heavy atom. The minimum Gasteiger partial charge on any atom is -0.508 e. The molecule has 1 saturated carbocycles. The monoisotopic (exact) mass is 734 g/mol. The summed E-state index contributed by atoms with van der Waals surface area (Å²) in [7, 11) is 0. The fourth-order valence-corrected chi connectivity index (χ4v) is 10.3. The van der Waals surface area contributed by atoms with Gasteiger partial charge in [-0.3, -0.25) is 14.5 Å². The highest BCUT2D eigenvalue weighted by molar-refractivity contribution is 6.02. The fraction of sp³-hybridized carbons (Fsp3) is 0.417. The van der Waals surface area contributed by atoms with Crippen molar-refractivity contribution < 1.29 is 14.7 Å². The SMILES string of the molecule is C=C1CCC(N2Cc3ccc(N4CCN(CCC5CCN(c6ccc([C@@H]7c8ccc(O)cc8CC[C@@H]7c7ccccc7)cc6)CC5)CC4)cc3C2=O)C(=O)C1. The summed E-state index contributed by atoms with van der Waals surface area (Å²) in [6.07, 6.45) is 7.70. The summed E-state index contributed by atoms with van der Waals surface area (Å²) in [5, 5.41) is 10.2. The number of hydrogen-bond donors (Lipinski definition) is 1. The standard InChI is InChI=1S/C48H54N4O3/c1-33-7-18-45(46(54)29-33)52-32-38-10-14-40(31-44(38)48(52)55)51-27-25-49(26-28-51)22-19-34-20-23-50(24-21-34)39-12-8-36(9-13-39)47-42(35-5-3-2-4-6-35)16-11-37-30-41(53)15-17-43(37)47/h2-6,8-10,12-15,17,30-31,34,42,45,47,53H,1,7,11,16,18-29,32H2/t42-,45?,47+/m1/s1. The van der Waals surface area contributed by atoms with Crippen LogP contribution in [0.25, 0.3) is 0 Å². The number of rotatable bonds is 8. The van der Waals surface area contributed by atoms with E-state index in [4.69, 9.17) is 0 Å². The molecule has 3 heterocycles. The van der Waals surface area contributed by atoms with E-state index in [9.17, 15) is 14.7 Å². The molecule has 4 aromatic rings. The molecule has 55 heavy (non-hydrogen) atoms. The predicted molar refractivity (Wildman–Crippen MR) is 220 cm³/mol. The summed E-state index contributed by atoms with van der Waals surface area (Å²) in [6, 6.07) is 32.4. The number of piperidine rings is 1. The molecule has 7 nitrogen and oxygen atoms in total. The zero-order valence-corrected chi connectivity index (χ0v) is 32.0. The van der Waals surface area contributed by atoms with Gasteiger partial charge in [0.15, 0.2) is 5.78 Å². The number of fused-ring (bicyclic) bond motifs is 2. The molecular weight excluding hydrogens is 681 g/mol.